The summed E-state index contributed by atoms with van der Waals surface area (Å²) < 4.78 is 13.5. The maximum Gasteiger partial charge on any atom is 0.224 e. The number of aromatic nitrogens is 2. The molecule has 0 spiro atoms. The van der Waals surface area contributed by atoms with Crippen LogP contribution >= 0.6 is 0 Å². The van der Waals surface area contributed by atoms with Crippen LogP contribution in [0.25, 0.3) is 0 Å². The molecular formula is C11H19FN4O. The first-order valence-electron chi connectivity index (χ1n) is 5.85. The molecule has 6 heteroatoms. The van der Waals surface area contributed by atoms with E-state index in [1.165, 1.54) is 0 Å². The second kappa shape index (κ2) is 7.01. The minimum absolute atomic E-state index is 0.0128. The third-order valence-electron chi connectivity index (χ3n) is 2.39. The molecule has 0 aliphatic carbocycles. The highest BCUT2D eigenvalue weighted by molar-refractivity contribution is 5.41. The number of aliphatic hydroxyl groups excluding tert-OH is 1. The minimum atomic E-state index is -0.483. The highest BCUT2D eigenvalue weighted by atomic mass is 19.1. The predicted octanol–water partition coefficient (Wildman–Crippen LogP) is 1.62. The van der Waals surface area contributed by atoms with Crippen LogP contribution in [-0.2, 0) is 0 Å². The molecule has 0 aliphatic heterocycles. The summed E-state index contributed by atoms with van der Waals surface area (Å²) in [5, 5.41) is 14.8. The molecule has 0 radical (unpaired) electrons. The van der Waals surface area contributed by atoms with Crippen LogP contribution < -0.4 is 10.6 Å². The van der Waals surface area contributed by atoms with Crippen molar-refractivity contribution in [3.05, 3.63) is 12.0 Å². The Kier molecular flexibility index (Phi) is 5.62. The lowest BCUT2D eigenvalue weighted by Gasteiger charge is -2.17. The predicted molar refractivity (Wildman–Crippen MR) is 65.6 cm³/mol. The standard InChI is InChI=1S/C11H19FN4O/c1-3-8(5-6-17)15-10-9(12)7-14-11(16-10)13-4-2/h7-8,17H,3-6H2,1-2H3,(H2,13,14,15,16). The van der Waals surface area contributed by atoms with Crippen molar-refractivity contribution in [2.45, 2.75) is 32.7 Å². The van der Waals surface area contributed by atoms with Crippen molar-refractivity contribution in [1.29, 1.82) is 0 Å². The molecule has 0 bridgehead atoms. The Labute approximate surface area is 100 Å². The van der Waals surface area contributed by atoms with E-state index in [1.54, 1.807) is 0 Å². The molecular weight excluding hydrogens is 223 g/mol. The Bertz CT molecular complexity index is 348. The van der Waals surface area contributed by atoms with Crippen LogP contribution in [0.15, 0.2) is 6.20 Å². The zero-order valence-corrected chi connectivity index (χ0v) is 10.2. The maximum atomic E-state index is 13.5. The molecule has 1 atom stereocenters. The summed E-state index contributed by atoms with van der Waals surface area (Å²) in [6.07, 6.45) is 2.50. The summed E-state index contributed by atoms with van der Waals surface area (Å²) >= 11 is 0. The van der Waals surface area contributed by atoms with Gasteiger partial charge < -0.3 is 15.7 Å². The molecule has 0 fully saturated rings. The number of anilines is 2. The van der Waals surface area contributed by atoms with E-state index in [2.05, 4.69) is 20.6 Å². The number of rotatable bonds is 7. The quantitative estimate of drug-likeness (QED) is 0.678. The third-order valence-corrected chi connectivity index (χ3v) is 2.39. The molecule has 1 unspecified atom stereocenters. The van der Waals surface area contributed by atoms with E-state index in [4.69, 9.17) is 5.11 Å². The molecule has 0 aliphatic rings. The minimum Gasteiger partial charge on any atom is -0.396 e. The van der Waals surface area contributed by atoms with E-state index in [9.17, 15) is 4.39 Å². The van der Waals surface area contributed by atoms with Gasteiger partial charge in [0.15, 0.2) is 11.6 Å². The third kappa shape index (κ3) is 4.14. The SMILES string of the molecule is CCNc1ncc(F)c(NC(CC)CCO)n1. The molecule has 0 saturated heterocycles. The molecule has 96 valence electrons. The Hall–Kier alpha value is -1.43. The van der Waals surface area contributed by atoms with Crippen molar-refractivity contribution < 1.29 is 9.50 Å². The topological polar surface area (TPSA) is 70.1 Å². The number of hydrogen-bond donors (Lipinski definition) is 3. The normalized spacial score (nSPS) is 12.2. The molecule has 1 heterocycles. The van der Waals surface area contributed by atoms with Gasteiger partial charge in [-0.25, -0.2) is 9.37 Å². The lowest BCUT2D eigenvalue weighted by molar-refractivity contribution is 0.278. The largest absolute Gasteiger partial charge is 0.396 e. The van der Waals surface area contributed by atoms with Crippen LogP contribution in [-0.4, -0.2) is 34.3 Å². The number of aliphatic hydroxyl groups is 1. The van der Waals surface area contributed by atoms with Crippen molar-refractivity contribution in [3.63, 3.8) is 0 Å². The zero-order valence-electron chi connectivity index (χ0n) is 10.2. The lowest BCUT2D eigenvalue weighted by Crippen LogP contribution is -2.22. The van der Waals surface area contributed by atoms with E-state index in [0.29, 0.717) is 18.9 Å². The fourth-order valence-electron chi connectivity index (χ4n) is 1.44. The monoisotopic (exact) mass is 242 g/mol. The van der Waals surface area contributed by atoms with Crippen LogP contribution in [0.5, 0.6) is 0 Å². The molecule has 5 nitrogen and oxygen atoms in total. The van der Waals surface area contributed by atoms with Gasteiger partial charge in [-0.1, -0.05) is 6.92 Å². The number of hydrogen-bond acceptors (Lipinski definition) is 5. The van der Waals surface area contributed by atoms with Gasteiger partial charge in [-0.15, -0.1) is 0 Å². The zero-order chi connectivity index (χ0) is 12.7. The number of nitrogens with one attached hydrogen (secondary N) is 2. The highest BCUT2D eigenvalue weighted by Gasteiger charge is 2.11. The van der Waals surface area contributed by atoms with Crippen LogP contribution in [0.4, 0.5) is 16.2 Å². The summed E-state index contributed by atoms with van der Waals surface area (Å²) in [7, 11) is 0. The Balaban J connectivity index is 2.76. The highest BCUT2D eigenvalue weighted by Crippen LogP contribution is 2.14. The summed E-state index contributed by atoms with van der Waals surface area (Å²) in [4.78, 5) is 7.86. The van der Waals surface area contributed by atoms with Gasteiger partial charge in [-0.3, -0.25) is 0 Å². The maximum absolute atomic E-state index is 13.5. The first kappa shape index (κ1) is 13.6. The number of halogens is 1. The Morgan fingerprint density at radius 3 is 2.82 bits per heavy atom. The second-order valence-corrected chi connectivity index (χ2v) is 3.68. The number of nitrogens with zero attached hydrogens (tertiary/aromatic N) is 2. The second-order valence-electron chi connectivity index (χ2n) is 3.68. The summed E-state index contributed by atoms with van der Waals surface area (Å²) in [6.45, 7) is 4.63. The van der Waals surface area contributed by atoms with Gasteiger partial charge in [0.2, 0.25) is 5.95 Å². The van der Waals surface area contributed by atoms with Crippen LogP contribution in [0.1, 0.15) is 26.7 Å². The molecule has 0 amide bonds. The fraction of sp³-hybridized carbons (Fsp3) is 0.636. The van der Waals surface area contributed by atoms with E-state index in [-0.39, 0.29) is 18.5 Å². The van der Waals surface area contributed by atoms with Gasteiger partial charge in [0, 0.05) is 19.2 Å². The van der Waals surface area contributed by atoms with E-state index < -0.39 is 5.82 Å². The van der Waals surface area contributed by atoms with Crippen molar-refractivity contribution in [3.8, 4) is 0 Å². The molecule has 1 aromatic heterocycles. The van der Waals surface area contributed by atoms with Gasteiger partial charge in [-0.2, -0.15) is 4.98 Å². The smallest absolute Gasteiger partial charge is 0.224 e. The lowest BCUT2D eigenvalue weighted by atomic mass is 10.1. The molecule has 1 rings (SSSR count). The molecule has 17 heavy (non-hydrogen) atoms. The van der Waals surface area contributed by atoms with Crippen molar-refractivity contribution in [2.24, 2.45) is 0 Å². The first-order valence-corrected chi connectivity index (χ1v) is 5.85. The van der Waals surface area contributed by atoms with Gasteiger partial charge in [0.25, 0.3) is 0 Å². The average molecular weight is 242 g/mol. The van der Waals surface area contributed by atoms with Gasteiger partial charge >= 0.3 is 0 Å². The van der Waals surface area contributed by atoms with Crippen LogP contribution in [0.3, 0.4) is 0 Å². The van der Waals surface area contributed by atoms with Gasteiger partial charge in [0.05, 0.1) is 6.20 Å². The Morgan fingerprint density at radius 2 is 2.24 bits per heavy atom. The molecule has 3 N–H and O–H groups in total. The van der Waals surface area contributed by atoms with Gasteiger partial charge in [-0.05, 0) is 19.8 Å². The fourth-order valence-corrected chi connectivity index (χ4v) is 1.44. The molecule has 1 aromatic rings. The first-order chi connectivity index (χ1) is 8.21. The van der Waals surface area contributed by atoms with Crippen molar-refractivity contribution >= 4 is 11.8 Å². The van der Waals surface area contributed by atoms with Gasteiger partial charge in [0.1, 0.15) is 0 Å². The molecule has 0 saturated carbocycles. The van der Waals surface area contributed by atoms with Crippen LogP contribution in [0, 0.1) is 5.82 Å². The summed E-state index contributed by atoms with van der Waals surface area (Å²) in [5.74, 6) is 0.0922. The van der Waals surface area contributed by atoms with Crippen molar-refractivity contribution in [2.75, 3.05) is 23.8 Å². The van der Waals surface area contributed by atoms with E-state index in [1.807, 2.05) is 13.8 Å². The summed E-state index contributed by atoms with van der Waals surface area (Å²) in [5.41, 5.74) is 0. The average Bonchev–Trinajstić information content (AvgIpc) is 2.33. The Morgan fingerprint density at radius 1 is 1.47 bits per heavy atom. The van der Waals surface area contributed by atoms with Crippen molar-refractivity contribution in [1.82, 2.24) is 9.97 Å². The summed E-state index contributed by atoms with van der Waals surface area (Å²) in [6, 6.07) is 0.0128. The van der Waals surface area contributed by atoms with E-state index >= 15 is 0 Å². The molecule has 0 aromatic carbocycles. The van der Waals surface area contributed by atoms with Crippen LogP contribution in [0.2, 0.25) is 0 Å². The van der Waals surface area contributed by atoms with E-state index in [0.717, 1.165) is 12.6 Å².